The van der Waals surface area contributed by atoms with Crippen LogP contribution in [0.25, 0.3) is 6.08 Å². The van der Waals surface area contributed by atoms with E-state index in [-0.39, 0.29) is 23.4 Å². The third-order valence-corrected chi connectivity index (χ3v) is 4.46. The normalized spacial score (nSPS) is 15.2. The molecule has 1 saturated heterocycles. The summed E-state index contributed by atoms with van der Waals surface area (Å²) in [6.45, 7) is 1.00. The minimum absolute atomic E-state index is 0.0209. The number of carbonyl (C=O) groups is 2. The lowest BCUT2D eigenvalue weighted by molar-refractivity contribution is -0.117. The van der Waals surface area contributed by atoms with Crippen molar-refractivity contribution in [2.45, 2.75) is 18.9 Å². The number of amides is 2. The Balaban J connectivity index is 1.49. The second-order valence-electron chi connectivity index (χ2n) is 6.30. The number of piperidine rings is 1. The predicted molar refractivity (Wildman–Crippen MR) is 98.9 cm³/mol. The summed E-state index contributed by atoms with van der Waals surface area (Å²) in [5, 5.41) is 2.96. The lowest BCUT2D eigenvalue weighted by Gasteiger charge is -2.32. The van der Waals surface area contributed by atoms with Gasteiger partial charge >= 0.3 is 0 Å². The number of hydrogen-bond donors (Lipinski definition) is 1. The zero-order valence-electron chi connectivity index (χ0n) is 14.4. The number of carbonyl (C=O) groups excluding carboxylic acids is 2. The molecule has 0 aromatic heterocycles. The molecule has 1 fully saturated rings. The first-order chi connectivity index (χ1) is 12.6. The summed E-state index contributed by atoms with van der Waals surface area (Å²) in [4.78, 5) is 26.1. The van der Waals surface area contributed by atoms with Crippen molar-refractivity contribution in [3.8, 4) is 0 Å². The Labute approximate surface area is 152 Å². The molecule has 1 aliphatic rings. The number of nitrogens with zero attached hydrogens (tertiary/aromatic N) is 1. The number of rotatable bonds is 4. The summed E-state index contributed by atoms with van der Waals surface area (Å²) < 4.78 is 13.8. The van der Waals surface area contributed by atoms with E-state index in [9.17, 15) is 14.0 Å². The van der Waals surface area contributed by atoms with Gasteiger partial charge in [0, 0.05) is 25.2 Å². The number of nitrogens with one attached hydrogen (secondary N) is 1. The molecule has 0 bridgehead atoms. The monoisotopic (exact) mass is 352 g/mol. The molecular weight excluding hydrogens is 331 g/mol. The quantitative estimate of drug-likeness (QED) is 0.859. The highest BCUT2D eigenvalue weighted by atomic mass is 19.1. The van der Waals surface area contributed by atoms with Gasteiger partial charge in [-0.2, -0.15) is 0 Å². The zero-order valence-corrected chi connectivity index (χ0v) is 14.4. The van der Waals surface area contributed by atoms with E-state index < -0.39 is 5.82 Å². The highest BCUT2D eigenvalue weighted by Gasteiger charge is 2.25. The first-order valence-corrected chi connectivity index (χ1v) is 8.71. The molecule has 3 rings (SSSR count). The van der Waals surface area contributed by atoms with Crippen molar-refractivity contribution in [2.24, 2.45) is 0 Å². The number of benzene rings is 2. The maximum absolute atomic E-state index is 13.8. The van der Waals surface area contributed by atoms with Crippen LogP contribution in [0.4, 0.5) is 4.39 Å². The Hall–Kier alpha value is -2.95. The standard InChI is InChI=1S/C21H21FN2O2/c22-19-9-5-4-8-18(19)21(26)24-14-12-17(13-15-24)23-20(25)11-10-16-6-2-1-3-7-16/h1-11,17H,12-15H2,(H,23,25)/b11-10+. The molecule has 1 aliphatic heterocycles. The van der Waals surface area contributed by atoms with Crippen molar-refractivity contribution in [1.29, 1.82) is 0 Å². The molecule has 0 atom stereocenters. The molecule has 0 unspecified atom stereocenters. The molecular formula is C21H21FN2O2. The van der Waals surface area contributed by atoms with Crippen LogP contribution in [0.1, 0.15) is 28.8 Å². The Morgan fingerprint density at radius 1 is 1.00 bits per heavy atom. The van der Waals surface area contributed by atoms with Crippen molar-refractivity contribution in [3.05, 3.63) is 77.6 Å². The van der Waals surface area contributed by atoms with E-state index in [1.165, 1.54) is 18.2 Å². The van der Waals surface area contributed by atoms with Gasteiger partial charge in [-0.15, -0.1) is 0 Å². The molecule has 134 valence electrons. The van der Waals surface area contributed by atoms with Crippen molar-refractivity contribution in [3.63, 3.8) is 0 Å². The van der Waals surface area contributed by atoms with Crippen LogP contribution >= 0.6 is 0 Å². The highest BCUT2D eigenvalue weighted by Crippen LogP contribution is 2.16. The fourth-order valence-corrected chi connectivity index (χ4v) is 3.02. The smallest absolute Gasteiger partial charge is 0.256 e. The second-order valence-corrected chi connectivity index (χ2v) is 6.30. The van der Waals surface area contributed by atoms with Crippen molar-refractivity contribution in [2.75, 3.05) is 13.1 Å². The van der Waals surface area contributed by atoms with E-state index in [4.69, 9.17) is 0 Å². The average Bonchev–Trinajstić information content (AvgIpc) is 2.68. The molecule has 2 amide bonds. The molecule has 0 spiro atoms. The SMILES string of the molecule is O=C(/C=C/c1ccccc1)NC1CCN(C(=O)c2ccccc2F)CC1. The highest BCUT2D eigenvalue weighted by molar-refractivity contribution is 5.94. The third kappa shape index (κ3) is 4.57. The number of likely N-dealkylation sites (tertiary alicyclic amines) is 1. The summed E-state index contributed by atoms with van der Waals surface area (Å²) in [7, 11) is 0. The summed E-state index contributed by atoms with van der Waals surface area (Å²) in [6, 6.07) is 15.6. The van der Waals surface area contributed by atoms with Gasteiger partial charge < -0.3 is 10.2 Å². The van der Waals surface area contributed by atoms with Crippen LogP contribution in [0.2, 0.25) is 0 Å². The van der Waals surface area contributed by atoms with Gasteiger partial charge in [0.2, 0.25) is 5.91 Å². The van der Waals surface area contributed by atoms with Crippen molar-refractivity contribution in [1.82, 2.24) is 10.2 Å². The average molecular weight is 352 g/mol. The van der Waals surface area contributed by atoms with Crippen LogP contribution in [-0.2, 0) is 4.79 Å². The fourth-order valence-electron chi connectivity index (χ4n) is 3.02. The number of halogens is 1. The van der Waals surface area contributed by atoms with E-state index >= 15 is 0 Å². The summed E-state index contributed by atoms with van der Waals surface area (Å²) in [6.07, 6.45) is 4.61. The van der Waals surface area contributed by atoms with Gasteiger partial charge in [-0.25, -0.2) is 4.39 Å². The van der Waals surface area contributed by atoms with E-state index in [1.54, 1.807) is 23.1 Å². The molecule has 0 aliphatic carbocycles. The topological polar surface area (TPSA) is 49.4 Å². The molecule has 4 nitrogen and oxygen atoms in total. The Morgan fingerprint density at radius 2 is 1.65 bits per heavy atom. The third-order valence-electron chi connectivity index (χ3n) is 4.46. The molecule has 26 heavy (non-hydrogen) atoms. The van der Waals surface area contributed by atoms with Gasteiger partial charge in [0.25, 0.3) is 5.91 Å². The van der Waals surface area contributed by atoms with Crippen LogP contribution in [0.15, 0.2) is 60.7 Å². The van der Waals surface area contributed by atoms with Gasteiger partial charge in [-0.1, -0.05) is 42.5 Å². The van der Waals surface area contributed by atoms with Crippen LogP contribution < -0.4 is 5.32 Å². The predicted octanol–water partition coefficient (Wildman–Crippen LogP) is 3.26. The van der Waals surface area contributed by atoms with Crippen molar-refractivity contribution >= 4 is 17.9 Å². The van der Waals surface area contributed by atoms with Gasteiger partial charge in [-0.05, 0) is 36.6 Å². The molecule has 1 N–H and O–H groups in total. The number of hydrogen-bond acceptors (Lipinski definition) is 2. The first kappa shape index (κ1) is 17.9. The van der Waals surface area contributed by atoms with Gasteiger partial charge in [0.05, 0.1) is 5.56 Å². The maximum Gasteiger partial charge on any atom is 0.256 e. The van der Waals surface area contributed by atoms with Crippen molar-refractivity contribution < 1.29 is 14.0 Å². The zero-order chi connectivity index (χ0) is 18.4. The summed E-state index contributed by atoms with van der Waals surface area (Å²) in [5.74, 6) is -0.941. The summed E-state index contributed by atoms with van der Waals surface area (Å²) in [5.41, 5.74) is 1.06. The van der Waals surface area contributed by atoms with Crippen LogP contribution in [-0.4, -0.2) is 35.8 Å². The Bertz CT molecular complexity index is 797. The van der Waals surface area contributed by atoms with Crippen LogP contribution in [0.5, 0.6) is 0 Å². The van der Waals surface area contributed by atoms with E-state index in [0.29, 0.717) is 25.9 Å². The molecule has 5 heteroatoms. The minimum Gasteiger partial charge on any atom is -0.350 e. The molecule has 1 heterocycles. The van der Waals surface area contributed by atoms with E-state index in [0.717, 1.165) is 5.56 Å². The molecule has 0 radical (unpaired) electrons. The van der Waals surface area contributed by atoms with Crippen LogP contribution in [0, 0.1) is 5.82 Å². The fraction of sp³-hybridized carbons (Fsp3) is 0.238. The largest absolute Gasteiger partial charge is 0.350 e. The second kappa shape index (κ2) is 8.43. The van der Waals surface area contributed by atoms with Gasteiger partial charge in [0.1, 0.15) is 5.82 Å². The maximum atomic E-state index is 13.8. The van der Waals surface area contributed by atoms with E-state index in [1.807, 2.05) is 30.3 Å². The molecule has 2 aromatic rings. The summed E-state index contributed by atoms with van der Waals surface area (Å²) >= 11 is 0. The first-order valence-electron chi connectivity index (χ1n) is 8.71. The van der Waals surface area contributed by atoms with E-state index in [2.05, 4.69) is 5.32 Å². The van der Waals surface area contributed by atoms with Gasteiger partial charge in [0.15, 0.2) is 0 Å². The van der Waals surface area contributed by atoms with Gasteiger partial charge in [-0.3, -0.25) is 9.59 Å². The van der Waals surface area contributed by atoms with Crippen LogP contribution in [0.3, 0.4) is 0 Å². The lowest BCUT2D eigenvalue weighted by atomic mass is 10.0. The molecule has 0 saturated carbocycles. The Morgan fingerprint density at radius 3 is 2.35 bits per heavy atom. The minimum atomic E-state index is -0.501. The molecule has 2 aromatic carbocycles. The Kier molecular flexibility index (Phi) is 5.79. The lowest BCUT2D eigenvalue weighted by Crippen LogP contribution is -2.46.